The maximum Gasteiger partial charge on any atom is 0.217 e. The summed E-state index contributed by atoms with van der Waals surface area (Å²) in [6.45, 7) is 4.84. The molecule has 17 heavy (non-hydrogen) atoms. The molecule has 5 heteroatoms. The highest BCUT2D eigenvalue weighted by molar-refractivity contribution is 5.73. The van der Waals surface area contributed by atoms with Gasteiger partial charge in [0.05, 0.1) is 5.69 Å². The van der Waals surface area contributed by atoms with Crippen LogP contribution in [-0.4, -0.2) is 22.2 Å². The van der Waals surface area contributed by atoms with Gasteiger partial charge in [0.1, 0.15) is 0 Å². The second kappa shape index (κ2) is 7.84. The van der Waals surface area contributed by atoms with Gasteiger partial charge in [-0.05, 0) is 31.9 Å². The van der Waals surface area contributed by atoms with Crippen molar-refractivity contribution in [2.45, 2.75) is 45.7 Å². The predicted octanol–water partition coefficient (Wildman–Crippen LogP) is 1.04. The Balaban J connectivity index is 2.13. The molecule has 1 amide bonds. The number of hydrogen-bond donors (Lipinski definition) is 2. The summed E-state index contributed by atoms with van der Waals surface area (Å²) in [6.07, 6.45) is 5.24. The zero-order chi connectivity index (χ0) is 12.5. The molecule has 1 rings (SSSR count). The topological polar surface area (TPSA) is 72.9 Å². The third-order valence-corrected chi connectivity index (χ3v) is 2.57. The molecule has 0 saturated heterocycles. The molecule has 3 N–H and O–H groups in total. The molecule has 0 fully saturated rings. The van der Waals surface area contributed by atoms with Gasteiger partial charge < -0.3 is 11.1 Å². The van der Waals surface area contributed by atoms with Gasteiger partial charge in [-0.25, -0.2) is 0 Å². The van der Waals surface area contributed by atoms with Crippen LogP contribution >= 0.6 is 0 Å². The number of hydrogen-bond acceptors (Lipinski definition) is 3. The summed E-state index contributed by atoms with van der Waals surface area (Å²) in [5, 5.41) is 7.61. The van der Waals surface area contributed by atoms with Crippen molar-refractivity contribution in [2.24, 2.45) is 5.73 Å². The van der Waals surface area contributed by atoms with E-state index in [1.807, 2.05) is 16.9 Å². The van der Waals surface area contributed by atoms with E-state index < -0.39 is 0 Å². The number of rotatable bonds is 9. The number of amides is 1. The molecule has 1 aromatic heterocycles. The van der Waals surface area contributed by atoms with Crippen LogP contribution in [0.4, 0.5) is 0 Å². The first kappa shape index (κ1) is 13.7. The lowest BCUT2D eigenvalue weighted by atomic mass is 10.2. The van der Waals surface area contributed by atoms with Crippen LogP contribution in [0.25, 0.3) is 0 Å². The number of carbonyl (C=O) groups is 1. The Morgan fingerprint density at radius 1 is 1.53 bits per heavy atom. The van der Waals surface area contributed by atoms with Crippen molar-refractivity contribution in [3.8, 4) is 0 Å². The Morgan fingerprint density at radius 2 is 2.35 bits per heavy atom. The average Bonchev–Trinajstić information content (AvgIpc) is 2.71. The van der Waals surface area contributed by atoms with Crippen molar-refractivity contribution in [1.82, 2.24) is 15.1 Å². The van der Waals surface area contributed by atoms with Crippen LogP contribution in [0.2, 0.25) is 0 Å². The normalized spacial score (nSPS) is 10.6. The quantitative estimate of drug-likeness (QED) is 0.631. The molecule has 0 atom stereocenters. The fourth-order valence-electron chi connectivity index (χ4n) is 1.69. The summed E-state index contributed by atoms with van der Waals surface area (Å²) < 4.78 is 2.02. The Kier molecular flexibility index (Phi) is 6.32. The summed E-state index contributed by atoms with van der Waals surface area (Å²) in [5.74, 6) is -0.217. The molecule has 1 aromatic rings. The molecule has 1 heterocycles. The van der Waals surface area contributed by atoms with Crippen LogP contribution in [0.1, 0.15) is 38.3 Å². The largest absolute Gasteiger partial charge is 0.370 e. The van der Waals surface area contributed by atoms with Crippen molar-refractivity contribution in [2.75, 3.05) is 6.54 Å². The van der Waals surface area contributed by atoms with Gasteiger partial charge >= 0.3 is 0 Å². The summed E-state index contributed by atoms with van der Waals surface area (Å²) in [6, 6.07) is 2.03. The Morgan fingerprint density at radius 3 is 3.06 bits per heavy atom. The number of nitrogens with one attached hydrogen (secondary N) is 1. The van der Waals surface area contributed by atoms with E-state index in [2.05, 4.69) is 17.3 Å². The minimum absolute atomic E-state index is 0.217. The van der Waals surface area contributed by atoms with Gasteiger partial charge in [-0.2, -0.15) is 5.10 Å². The van der Waals surface area contributed by atoms with Crippen LogP contribution < -0.4 is 11.1 Å². The third kappa shape index (κ3) is 5.49. The summed E-state index contributed by atoms with van der Waals surface area (Å²) in [7, 11) is 0. The van der Waals surface area contributed by atoms with Gasteiger partial charge in [-0.3, -0.25) is 9.48 Å². The molecule has 0 aromatic carbocycles. The Hall–Kier alpha value is -1.36. The Bertz CT molecular complexity index is 335. The molecular formula is C12H22N4O. The van der Waals surface area contributed by atoms with Gasteiger partial charge in [0.25, 0.3) is 0 Å². The molecule has 96 valence electrons. The second-order valence-electron chi connectivity index (χ2n) is 4.15. The van der Waals surface area contributed by atoms with Crippen LogP contribution in [0.15, 0.2) is 12.3 Å². The SMILES string of the molecule is CCCn1nccc1CNCCCCC(N)=O. The van der Waals surface area contributed by atoms with E-state index in [0.29, 0.717) is 6.42 Å². The fourth-order valence-corrected chi connectivity index (χ4v) is 1.69. The van der Waals surface area contributed by atoms with E-state index in [1.165, 1.54) is 5.69 Å². The molecule has 0 aliphatic rings. The molecule has 0 unspecified atom stereocenters. The molecule has 0 aliphatic carbocycles. The zero-order valence-corrected chi connectivity index (χ0v) is 10.5. The first-order chi connectivity index (χ1) is 8.24. The minimum Gasteiger partial charge on any atom is -0.370 e. The summed E-state index contributed by atoms with van der Waals surface area (Å²) in [4.78, 5) is 10.5. The molecule has 5 nitrogen and oxygen atoms in total. The molecule has 0 radical (unpaired) electrons. The van der Waals surface area contributed by atoms with Crippen LogP contribution in [-0.2, 0) is 17.9 Å². The maximum atomic E-state index is 10.5. The van der Waals surface area contributed by atoms with E-state index in [-0.39, 0.29) is 5.91 Å². The van der Waals surface area contributed by atoms with Crippen molar-refractivity contribution in [3.05, 3.63) is 18.0 Å². The van der Waals surface area contributed by atoms with Gasteiger partial charge in [0.2, 0.25) is 5.91 Å². The molecule has 0 aliphatic heterocycles. The first-order valence-electron chi connectivity index (χ1n) is 6.23. The number of carbonyl (C=O) groups excluding carboxylic acids is 1. The number of nitrogens with zero attached hydrogens (tertiary/aromatic N) is 2. The number of aromatic nitrogens is 2. The zero-order valence-electron chi connectivity index (χ0n) is 10.5. The molecule has 0 saturated carbocycles. The molecular weight excluding hydrogens is 216 g/mol. The van der Waals surface area contributed by atoms with Gasteiger partial charge in [-0.1, -0.05) is 6.92 Å². The fraction of sp³-hybridized carbons (Fsp3) is 0.667. The minimum atomic E-state index is -0.217. The van der Waals surface area contributed by atoms with E-state index >= 15 is 0 Å². The van der Waals surface area contributed by atoms with Crippen LogP contribution in [0, 0.1) is 0 Å². The lowest BCUT2D eigenvalue weighted by Crippen LogP contribution is -2.18. The molecule has 0 bridgehead atoms. The monoisotopic (exact) mass is 238 g/mol. The highest BCUT2D eigenvalue weighted by atomic mass is 16.1. The van der Waals surface area contributed by atoms with Crippen molar-refractivity contribution in [3.63, 3.8) is 0 Å². The van der Waals surface area contributed by atoms with Crippen LogP contribution in [0.5, 0.6) is 0 Å². The molecule has 0 spiro atoms. The standard InChI is InChI=1S/C12H22N4O/c1-2-9-16-11(6-8-15-16)10-14-7-4-3-5-12(13)17/h6,8,14H,2-5,7,9-10H2,1H3,(H2,13,17). The van der Waals surface area contributed by atoms with Crippen molar-refractivity contribution in [1.29, 1.82) is 0 Å². The van der Waals surface area contributed by atoms with E-state index in [0.717, 1.165) is 38.9 Å². The lowest BCUT2D eigenvalue weighted by Gasteiger charge is -2.07. The maximum absolute atomic E-state index is 10.5. The second-order valence-corrected chi connectivity index (χ2v) is 4.15. The number of unbranched alkanes of at least 4 members (excludes halogenated alkanes) is 1. The van der Waals surface area contributed by atoms with E-state index in [1.54, 1.807) is 0 Å². The number of aryl methyl sites for hydroxylation is 1. The van der Waals surface area contributed by atoms with Gasteiger partial charge in [0.15, 0.2) is 0 Å². The first-order valence-corrected chi connectivity index (χ1v) is 6.23. The van der Waals surface area contributed by atoms with E-state index in [9.17, 15) is 4.79 Å². The smallest absolute Gasteiger partial charge is 0.217 e. The predicted molar refractivity (Wildman–Crippen MR) is 67.3 cm³/mol. The number of primary amides is 1. The summed E-state index contributed by atoms with van der Waals surface area (Å²) >= 11 is 0. The van der Waals surface area contributed by atoms with Crippen LogP contribution in [0.3, 0.4) is 0 Å². The van der Waals surface area contributed by atoms with Gasteiger partial charge in [-0.15, -0.1) is 0 Å². The van der Waals surface area contributed by atoms with Gasteiger partial charge in [0, 0.05) is 25.7 Å². The Labute approximate surface area is 102 Å². The van der Waals surface area contributed by atoms with Crippen molar-refractivity contribution < 1.29 is 4.79 Å². The highest BCUT2D eigenvalue weighted by Gasteiger charge is 2.00. The summed E-state index contributed by atoms with van der Waals surface area (Å²) in [5.41, 5.74) is 6.28. The number of nitrogens with two attached hydrogens (primary N) is 1. The third-order valence-electron chi connectivity index (χ3n) is 2.57. The highest BCUT2D eigenvalue weighted by Crippen LogP contribution is 2.00. The van der Waals surface area contributed by atoms with E-state index in [4.69, 9.17) is 5.73 Å². The van der Waals surface area contributed by atoms with Crippen molar-refractivity contribution >= 4 is 5.91 Å². The lowest BCUT2D eigenvalue weighted by molar-refractivity contribution is -0.118. The average molecular weight is 238 g/mol.